The number of hydrogen-bond donors (Lipinski definition) is 0. The van der Waals surface area contributed by atoms with Crippen molar-refractivity contribution in [2.75, 3.05) is 13.2 Å². The van der Waals surface area contributed by atoms with Crippen LogP contribution in [0.3, 0.4) is 0 Å². The number of hydrogen-bond acceptors (Lipinski definition) is 8. The molecule has 0 aromatic rings. The minimum absolute atomic E-state index is 0. The molecule has 0 fully saturated rings. The summed E-state index contributed by atoms with van der Waals surface area (Å²) < 4.78 is 9.23. The van der Waals surface area contributed by atoms with Crippen LogP contribution in [-0.4, -0.2) is 61.0 Å². The predicted molar refractivity (Wildman–Crippen MR) is 200 cm³/mol. The average Bonchev–Trinajstić information content (AvgIpc) is 3.06. The third-order valence-electron chi connectivity index (χ3n) is 6.90. The predicted octanol–water partition coefficient (Wildman–Crippen LogP) is 8.37. The Kier molecular flexibility index (Phi) is 61.1. The summed E-state index contributed by atoms with van der Waals surface area (Å²) >= 11 is 0. The second-order valence-corrected chi connectivity index (χ2v) is 11.7. The van der Waals surface area contributed by atoms with E-state index in [1.165, 1.54) is 116 Å². The Morgan fingerprint density at radius 2 is 0.673 bits per heavy atom. The van der Waals surface area contributed by atoms with Crippen LogP contribution in [-0.2, 0) is 28.7 Å². The fourth-order valence-corrected chi connectivity index (χ4v) is 3.98. The zero-order valence-electron chi connectivity index (χ0n) is 31.9. The molecule has 284 valence electrons. The summed E-state index contributed by atoms with van der Waals surface area (Å²) in [5.41, 5.74) is 0. The van der Waals surface area contributed by atoms with Crippen LogP contribution in [0.4, 0.5) is 0 Å². The van der Waals surface area contributed by atoms with Gasteiger partial charge in [0.2, 0.25) is 0 Å². The van der Waals surface area contributed by atoms with Crippen molar-refractivity contribution in [2.45, 2.75) is 182 Å². The minimum Gasteiger partial charge on any atom is -0.545 e. The van der Waals surface area contributed by atoms with Gasteiger partial charge in [-0.15, -0.1) is 0 Å². The van der Waals surface area contributed by atoms with Gasteiger partial charge in [-0.1, -0.05) is 183 Å². The Hall–Kier alpha value is -1.84. The van der Waals surface area contributed by atoms with Gasteiger partial charge in [-0.3, -0.25) is 0 Å². The van der Waals surface area contributed by atoms with Crippen LogP contribution in [0.25, 0.3) is 0 Å². The van der Waals surface area contributed by atoms with Crippen LogP contribution in [0.1, 0.15) is 182 Å². The maximum absolute atomic E-state index is 10.6. The minimum atomic E-state index is -1.40. The van der Waals surface area contributed by atoms with Gasteiger partial charge in [-0.2, -0.15) is 0 Å². The third kappa shape index (κ3) is 68.8. The Labute approximate surface area is 318 Å². The number of ether oxygens (including phenoxy) is 2. The van der Waals surface area contributed by atoms with E-state index in [2.05, 4.69) is 37.2 Å². The van der Waals surface area contributed by atoms with Crippen molar-refractivity contribution in [3.05, 3.63) is 38.2 Å². The molecule has 0 aromatic heterocycles. The van der Waals surface area contributed by atoms with Crippen LogP contribution in [0, 0.1) is 13.8 Å². The average molecular weight is 800 g/mol. The zero-order valence-corrected chi connectivity index (χ0v) is 34.7. The van der Waals surface area contributed by atoms with Gasteiger partial charge in [0.05, 0.1) is 25.2 Å². The maximum atomic E-state index is 10.6. The number of carboxylic acid groups (broad SMARTS) is 2. The zero-order chi connectivity index (χ0) is 36.9. The third-order valence-corrected chi connectivity index (χ3v) is 6.90. The monoisotopic (exact) mass is 800 g/mol. The van der Waals surface area contributed by atoms with Crippen LogP contribution >= 0.6 is 0 Å². The van der Waals surface area contributed by atoms with Gasteiger partial charge in [0, 0.05) is 12.2 Å². The summed E-state index contributed by atoms with van der Waals surface area (Å²) in [6.07, 6.45) is 34.2. The normalized spacial score (nSPS) is 10.1. The molecule has 0 aliphatic carbocycles. The molecule has 0 amide bonds. The molecular formula is C40H72O8Sn. The van der Waals surface area contributed by atoms with E-state index in [1.54, 1.807) is 0 Å². The number of aliphatic carboxylic acids is 2. The quantitative estimate of drug-likeness (QED) is 0.0334. The molecule has 0 heterocycles. The van der Waals surface area contributed by atoms with E-state index in [4.69, 9.17) is 0 Å². The summed E-state index contributed by atoms with van der Waals surface area (Å²) in [6.45, 7) is 16.8. The number of unbranched alkanes of at least 4 members (excludes halogenated alkanes) is 20. The SMILES string of the molecule is CCCCOC(=O)/C=C/C(=O)[O-].CCCCOC(=O)/C=C/C(=O)[O-].[CH2]CCCCCCCCCCC.[CH2]CCCCCCCCCCC.[Sn+2]. The Bertz CT molecular complexity index is 671. The van der Waals surface area contributed by atoms with Crippen molar-refractivity contribution in [3.8, 4) is 0 Å². The fourth-order valence-electron chi connectivity index (χ4n) is 3.98. The molecule has 0 aromatic carbocycles. The Balaban J connectivity index is -0.000000174. The summed E-state index contributed by atoms with van der Waals surface area (Å²) in [7, 11) is 0. The molecule has 0 N–H and O–H groups in total. The summed E-state index contributed by atoms with van der Waals surface area (Å²) in [6, 6.07) is 0. The molecular weight excluding hydrogens is 727 g/mol. The van der Waals surface area contributed by atoms with E-state index >= 15 is 0 Å². The largest absolute Gasteiger partial charge is 2.00 e. The molecule has 0 aliphatic heterocycles. The van der Waals surface area contributed by atoms with Gasteiger partial charge >= 0.3 is 35.8 Å². The van der Waals surface area contributed by atoms with Gasteiger partial charge in [0.15, 0.2) is 0 Å². The summed E-state index contributed by atoms with van der Waals surface area (Å²) in [4.78, 5) is 40.9. The van der Waals surface area contributed by atoms with Gasteiger partial charge in [0.1, 0.15) is 0 Å². The van der Waals surface area contributed by atoms with Crippen LogP contribution in [0.15, 0.2) is 24.3 Å². The summed E-state index contributed by atoms with van der Waals surface area (Å²) in [5, 5.41) is 19.7. The molecule has 0 spiro atoms. The number of carbonyl (C=O) groups is 4. The molecule has 0 saturated heterocycles. The number of rotatable bonds is 28. The van der Waals surface area contributed by atoms with Crippen molar-refractivity contribution in [1.82, 2.24) is 0 Å². The molecule has 0 saturated carbocycles. The molecule has 0 rings (SSSR count). The number of carboxylic acids is 2. The number of carbonyl (C=O) groups excluding carboxylic acids is 4. The van der Waals surface area contributed by atoms with Gasteiger partial charge in [-0.05, 0) is 25.0 Å². The first-order chi connectivity index (χ1) is 23.2. The first-order valence-corrected chi connectivity index (χ1v) is 18.9. The maximum Gasteiger partial charge on any atom is 2.00 e. The molecule has 4 radical (unpaired) electrons. The molecule has 0 atom stereocenters. The van der Waals surface area contributed by atoms with Crippen molar-refractivity contribution >= 4 is 47.8 Å². The van der Waals surface area contributed by atoms with Gasteiger partial charge < -0.3 is 29.3 Å². The van der Waals surface area contributed by atoms with E-state index in [0.29, 0.717) is 25.4 Å². The standard InChI is InChI=1S/2C12H25.2C8H12O4.Sn/c2*1-3-5-7-9-11-12-10-8-6-4-2;2*1-2-3-6-12-8(11)5-4-7(9)10;/h2*1,3-12H2,2H3;2*4-5H,2-3,6H2,1H3,(H,9,10);/q;;;;+2/p-2/b;;2*5-4+;. The number of esters is 2. The first-order valence-electron chi connectivity index (χ1n) is 18.9. The van der Waals surface area contributed by atoms with E-state index in [1.807, 2.05) is 13.8 Å². The van der Waals surface area contributed by atoms with E-state index in [0.717, 1.165) is 50.7 Å². The molecule has 8 nitrogen and oxygen atoms in total. The van der Waals surface area contributed by atoms with Crippen molar-refractivity contribution in [3.63, 3.8) is 0 Å². The molecule has 49 heavy (non-hydrogen) atoms. The summed E-state index contributed by atoms with van der Waals surface area (Å²) in [5.74, 6) is -4.09. The van der Waals surface area contributed by atoms with Gasteiger partial charge in [-0.25, -0.2) is 9.59 Å². The smallest absolute Gasteiger partial charge is 0.545 e. The molecule has 0 aliphatic rings. The Morgan fingerprint density at radius 1 is 0.429 bits per heavy atom. The van der Waals surface area contributed by atoms with Crippen molar-refractivity contribution in [1.29, 1.82) is 0 Å². The van der Waals surface area contributed by atoms with E-state index in [9.17, 15) is 29.4 Å². The Morgan fingerprint density at radius 3 is 0.898 bits per heavy atom. The van der Waals surface area contributed by atoms with Crippen LogP contribution in [0.5, 0.6) is 0 Å². The van der Waals surface area contributed by atoms with E-state index < -0.39 is 23.9 Å². The molecule has 0 unspecified atom stereocenters. The van der Waals surface area contributed by atoms with Crippen LogP contribution < -0.4 is 10.2 Å². The van der Waals surface area contributed by atoms with Crippen molar-refractivity contribution in [2.24, 2.45) is 0 Å². The molecule has 0 bridgehead atoms. The second kappa shape index (κ2) is 53.0. The fraction of sp³-hybridized carbons (Fsp3) is 0.750. The van der Waals surface area contributed by atoms with E-state index in [-0.39, 0.29) is 23.9 Å². The first kappa shape index (κ1) is 56.5. The van der Waals surface area contributed by atoms with Crippen molar-refractivity contribution < 1.29 is 38.9 Å². The topological polar surface area (TPSA) is 133 Å². The second-order valence-electron chi connectivity index (χ2n) is 11.7. The van der Waals surface area contributed by atoms with Gasteiger partial charge in [0.25, 0.3) is 0 Å². The molecule has 9 heteroatoms. The van der Waals surface area contributed by atoms with Crippen LogP contribution in [0.2, 0.25) is 0 Å².